The number of anilines is 2. The molecule has 6 nitrogen and oxygen atoms in total. The lowest BCUT2D eigenvalue weighted by atomic mass is 9.94. The van der Waals surface area contributed by atoms with Crippen LogP contribution in [-0.2, 0) is 4.79 Å². The number of amides is 1. The smallest absolute Gasteiger partial charge is 0.269 e. The number of aryl methyl sites for hydroxylation is 1. The van der Waals surface area contributed by atoms with Crippen molar-refractivity contribution >= 4 is 51.7 Å². The highest BCUT2D eigenvalue weighted by atomic mass is 32.2. The van der Waals surface area contributed by atoms with Crippen LogP contribution in [0.3, 0.4) is 0 Å². The molecule has 0 bridgehead atoms. The van der Waals surface area contributed by atoms with Crippen molar-refractivity contribution < 1.29 is 9.90 Å². The van der Waals surface area contributed by atoms with Gasteiger partial charge in [0.2, 0.25) is 0 Å². The van der Waals surface area contributed by atoms with Crippen LogP contribution in [0, 0.1) is 6.92 Å². The van der Waals surface area contributed by atoms with Gasteiger partial charge in [0.15, 0.2) is 5.17 Å². The molecular weight excluding hydrogens is 488 g/mol. The molecule has 0 unspecified atom stereocenters. The number of thioether (sulfide) groups is 2. The van der Waals surface area contributed by atoms with E-state index in [1.165, 1.54) is 23.1 Å². The van der Waals surface area contributed by atoms with Gasteiger partial charge in [-0.2, -0.15) is 0 Å². The molecule has 1 amide bonds. The molecule has 0 aromatic heterocycles. The zero-order chi connectivity index (χ0) is 25.2. The van der Waals surface area contributed by atoms with E-state index in [1.807, 2.05) is 30.1 Å². The quantitative estimate of drug-likeness (QED) is 0.461. The molecule has 1 N–H and O–H groups in total. The molecular formula is C28H34N4O2S2. The summed E-state index contributed by atoms with van der Waals surface area (Å²) in [5, 5.41) is 11.2. The van der Waals surface area contributed by atoms with E-state index in [1.54, 1.807) is 11.8 Å². The maximum atomic E-state index is 13.9. The molecule has 1 saturated carbocycles. The molecule has 190 valence electrons. The van der Waals surface area contributed by atoms with Crippen LogP contribution in [0.2, 0.25) is 0 Å². The first-order chi connectivity index (χ1) is 17.5. The fourth-order valence-electron chi connectivity index (χ4n) is 5.21. The Morgan fingerprint density at radius 2 is 1.89 bits per heavy atom. The summed E-state index contributed by atoms with van der Waals surface area (Å²) in [5.74, 6) is 0.0854. The van der Waals surface area contributed by atoms with Crippen LogP contribution in [0.4, 0.5) is 17.1 Å². The maximum Gasteiger partial charge on any atom is 0.269 e. The van der Waals surface area contributed by atoms with Gasteiger partial charge >= 0.3 is 0 Å². The van der Waals surface area contributed by atoms with Crippen molar-refractivity contribution in [3.05, 3.63) is 58.0 Å². The highest BCUT2D eigenvalue weighted by molar-refractivity contribution is 8.19. The fourth-order valence-corrected chi connectivity index (χ4v) is 7.61. The zero-order valence-electron chi connectivity index (χ0n) is 21.2. The predicted octanol–water partition coefficient (Wildman–Crippen LogP) is 6.12. The minimum Gasteiger partial charge on any atom is -0.395 e. The summed E-state index contributed by atoms with van der Waals surface area (Å²) in [4.78, 5) is 27.2. The Hall–Kier alpha value is -2.42. The Balaban J connectivity index is 1.51. The average molecular weight is 523 g/mol. The van der Waals surface area contributed by atoms with E-state index < -0.39 is 0 Å². The number of para-hydroxylation sites is 1. The topological polar surface area (TPSA) is 59.4 Å². The first kappa shape index (κ1) is 25.2. The number of aliphatic imine (C=N–C) groups is 1. The Bertz CT molecular complexity index is 1210. The molecule has 2 fully saturated rings. The highest BCUT2D eigenvalue weighted by Crippen LogP contribution is 2.50. The number of benzene rings is 2. The first-order valence-corrected chi connectivity index (χ1v) is 14.5. The molecule has 3 aliphatic rings. The molecule has 8 heteroatoms. The largest absolute Gasteiger partial charge is 0.395 e. The molecule has 0 spiro atoms. The Morgan fingerprint density at radius 3 is 2.58 bits per heavy atom. The van der Waals surface area contributed by atoms with E-state index >= 15 is 0 Å². The lowest BCUT2D eigenvalue weighted by molar-refractivity contribution is -0.124. The van der Waals surface area contributed by atoms with E-state index in [2.05, 4.69) is 47.9 Å². The third-order valence-corrected chi connectivity index (χ3v) is 9.61. The van der Waals surface area contributed by atoms with Crippen molar-refractivity contribution in [1.82, 2.24) is 4.90 Å². The van der Waals surface area contributed by atoms with Gasteiger partial charge in [-0.05, 0) is 74.3 Å². The van der Waals surface area contributed by atoms with Crippen LogP contribution in [0.15, 0.2) is 62.3 Å². The number of carbonyl (C=O) groups excluding carboxylic acids is 1. The van der Waals surface area contributed by atoms with Crippen LogP contribution in [-0.4, -0.2) is 53.9 Å². The van der Waals surface area contributed by atoms with Crippen LogP contribution >= 0.6 is 23.5 Å². The van der Waals surface area contributed by atoms with Crippen molar-refractivity contribution in [2.75, 3.05) is 36.5 Å². The van der Waals surface area contributed by atoms with Crippen LogP contribution in [0.5, 0.6) is 0 Å². The van der Waals surface area contributed by atoms with Gasteiger partial charge in [-0.25, -0.2) is 4.99 Å². The van der Waals surface area contributed by atoms with Crippen molar-refractivity contribution in [2.45, 2.75) is 56.9 Å². The standard InChI is InChI=1S/C28H34N4O2S2/c1-4-31(16-17-33)21-14-15-22(19(2)18-21)29-28-32(20-10-6-5-7-11-20)26(34)25(36-28)27-30(3)23-12-8-9-13-24(23)35-27/h8-9,12-15,18,20,33H,4-7,10-11,16-17H2,1-3H3. The lowest BCUT2D eigenvalue weighted by Crippen LogP contribution is -2.40. The van der Waals surface area contributed by atoms with Crippen molar-refractivity contribution in [3.63, 3.8) is 0 Å². The minimum atomic E-state index is 0.0854. The second-order valence-corrected chi connectivity index (χ2v) is 11.5. The molecule has 36 heavy (non-hydrogen) atoms. The van der Waals surface area contributed by atoms with Gasteiger partial charge in [0, 0.05) is 36.8 Å². The summed E-state index contributed by atoms with van der Waals surface area (Å²) in [6.07, 6.45) is 5.61. The van der Waals surface area contributed by atoms with Gasteiger partial charge in [-0.3, -0.25) is 9.69 Å². The van der Waals surface area contributed by atoms with E-state index in [4.69, 9.17) is 4.99 Å². The number of hydrogen-bond donors (Lipinski definition) is 1. The fraction of sp³-hybridized carbons (Fsp3) is 0.429. The van der Waals surface area contributed by atoms with Crippen LogP contribution < -0.4 is 9.80 Å². The van der Waals surface area contributed by atoms with Crippen molar-refractivity contribution in [2.24, 2.45) is 4.99 Å². The summed E-state index contributed by atoms with van der Waals surface area (Å²) >= 11 is 3.19. The number of aliphatic hydroxyl groups is 1. The molecule has 2 aromatic rings. The number of carbonyl (C=O) groups is 1. The number of aliphatic hydroxyl groups excluding tert-OH is 1. The normalized spacial score (nSPS) is 21.6. The molecule has 2 aliphatic heterocycles. The molecule has 0 radical (unpaired) electrons. The Kier molecular flexibility index (Phi) is 7.65. The predicted molar refractivity (Wildman–Crippen MR) is 152 cm³/mol. The number of amidine groups is 1. The number of fused-ring (bicyclic) bond motifs is 1. The van der Waals surface area contributed by atoms with E-state index in [0.717, 1.165) is 70.0 Å². The van der Waals surface area contributed by atoms with E-state index in [-0.39, 0.29) is 18.6 Å². The molecule has 1 aliphatic carbocycles. The third kappa shape index (κ3) is 4.78. The van der Waals surface area contributed by atoms with Crippen LogP contribution in [0.1, 0.15) is 44.6 Å². The zero-order valence-corrected chi connectivity index (χ0v) is 22.9. The molecule has 5 rings (SSSR count). The molecule has 2 aromatic carbocycles. The van der Waals surface area contributed by atoms with Gasteiger partial charge in [0.25, 0.3) is 5.91 Å². The van der Waals surface area contributed by atoms with Gasteiger partial charge < -0.3 is 14.9 Å². The summed E-state index contributed by atoms with van der Waals surface area (Å²) < 4.78 is 0. The average Bonchev–Trinajstić information content (AvgIpc) is 3.40. The summed E-state index contributed by atoms with van der Waals surface area (Å²) in [6.45, 7) is 5.72. The number of hydrogen-bond acceptors (Lipinski definition) is 7. The van der Waals surface area contributed by atoms with Crippen molar-refractivity contribution in [3.8, 4) is 0 Å². The van der Waals surface area contributed by atoms with Gasteiger partial charge in [0.1, 0.15) is 4.91 Å². The summed E-state index contributed by atoms with van der Waals surface area (Å²) in [7, 11) is 2.05. The second kappa shape index (κ2) is 10.9. The second-order valence-electron chi connectivity index (χ2n) is 9.50. The SMILES string of the molecule is CCN(CCO)c1ccc(N=C2SC(=C3Sc4ccccc4N3C)C(=O)N2C2CCCCC2)c(C)c1. The van der Waals surface area contributed by atoms with Crippen molar-refractivity contribution in [1.29, 1.82) is 0 Å². The summed E-state index contributed by atoms with van der Waals surface area (Å²) in [6, 6.07) is 14.7. The third-order valence-electron chi connectivity index (χ3n) is 7.20. The molecule has 2 heterocycles. The lowest BCUT2D eigenvalue weighted by Gasteiger charge is -2.30. The molecule has 0 atom stereocenters. The monoisotopic (exact) mass is 522 g/mol. The van der Waals surface area contributed by atoms with Gasteiger partial charge in [-0.15, -0.1) is 0 Å². The van der Waals surface area contributed by atoms with Gasteiger partial charge in [0.05, 0.1) is 23.0 Å². The maximum absolute atomic E-state index is 13.9. The Labute approximate surface area is 222 Å². The highest BCUT2D eigenvalue weighted by Gasteiger charge is 2.42. The van der Waals surface area contributed by atoms with E-state index in [0.29, 0.717) is 6.54 Å². The number of nitrogens with zero attached hydrogens (tertiary/aromatic N) is 4. The minimum absolute atomic E-state index is 0.0854. The van der Waals surface area contributed by atoms with Crippen LogP contribution in [0.25, 0.3) is 0 Å². The number of rotatable bonds is 6. The molecule has 1 saturated heterocycles. The summed E-state index contributed by atoms with van der Waals surface area (Å²) in [5.41, 5.74) is 4.17. The number of likely N-dealkylation sites (N-methyl/N-ethyl adjacent to an activating group) is 1. The Morgan fingerprint density at radius 1 is 1.11 bits per heavy atom. The first-order valence-electron chi connectivity index (χ1n) is 12.8. The van der Waals surface area contributed by atoms with E-state index in [9.17, 15) is 9.90 Å². The van der Waals surface area contributed by atoms with Gasteiger partial charge in [-0.1, -0.05) is 43.2 Å².